The van der Waals surface area contributed by atoms with Crippen molar-refractivity contribution in [2.45, 2.75) is 6.54 Å². The van der Waals surface area contributed by atoms with E-state index in [2.05, 4.69) is 0 Å². The van der Waals surface area contributed by atoms with Crippen molar-refractivity contribution in [1.82, 2.24) is 0 Å². The van der Waals surface area contributed by atoms with E-state index >= 15 is 0 Å². The number of nitrogens with zero attached hydrogens (tertiary/aromatic N) is 1. The second-order valence-electron chi connectivity index (χ2n) is 3.76. The Morgan fingerprint density at radius 3 is 2.76 bits per heavy atom. The summed E-state index contributed by atoms with van der Waals surface area (Å²) in [5.74, 6) is -0.721. The van der Waals surface area contributed by atoms with E-state index in [1.807, 2.05) is 0 Å². The molecule has 0 spiro atoms. The van der Waals surface area contributed by atoms with E-state index in [1.165, 1.54) is 6.07 Å². The number of nitrogen functional groups attached to an aromatic ring is 1. The van der Waals surface area contributed by atoms with E-state index < -0.39 is 11.6 Å². The first-order valence-electron chi connectivity index (χ1n) is 5.06. The van der Waals surface area contributed by atoms with Crippen LogP contribution in [-0.4, -0.2) is 7.05 Å². The summed E-state index contributed by atoms with van der Waals surface area (Å²) in [6, 6.07) is 5.49. The van der Waals surface area contributed by atoms with Crippen molar-refractivity contribution in [1.29, 1.82) is 0 Å². The van der Waals surface area contributed by atoms with Crippen molar-refractivity contribution >= 4 is 11.4 Å². The minimum atomic E-state index is -0.758. The van der Waals surface area contributed by atoms with Gasteiger partial charge < -0.3 is 15.1 Å². The summed E-state index contributed by atoms with van der Waals surface area (Å²) in [5.41, 5.74) is 5.80. The molecule has 0 fully saturated rings. The lowest BCUT2D eigenvalue weighted by molar-refractivity contribution is 0.507. The quantitative estimate of drug-likeness (QED) is 0.836. The van der Waals surface area contributed by atoms with Gasteiger partial charge in [-0.2, -0.15) is 0 Å². The Balaban J connectivity index is 2.27. The minimum absolute atomic E-state index is 0.0690. The van der Waals surface area contributed by atoms with Gasteiger partial charge in [0.1, 0.15) is 11.6 Å². The monoisotopic (exact) mass is 238 g/mol. The molecule has 0 radical (unpaired) electrons. The number of hydrogen-bond acceptors (Lipinski definition) is 3. The summed E-state index contributed by atoms with van der Waals surface area (Å²) < 4.78 is 31.5. The third kappa shape index (κ3) is 2.38. The normalized spacial score (nSPS) is 10.5. The molecule has 2 rings (SSSR count). The molecule has 0 atom stereocenters. The van der Waals surface area contributed by atoms with Crippen molar-refractivity contribution < 1.29 is 13.2 Å². The lowest BCUT2D eigenvalue weighted by Crippen LogP contribution is -2.18. The number of hydrogen-bond donors (Lipinski definition) is 1. The van der Waals surface area contributed by atoms with Crippen LogP contribution in [0.5, 0.6) is 0 Å². The first-order chi connectivity index (χ1) is 8.08. The maximum Gasteiger partial charge on any atom is 0.151 e. The van der Waals surface area contributed by atoms with Gasteiger partial charge in [0.05, 0.1) is 24.2 Å². The van der Waals surface area contributed by atoms with E-state index in [0.717, 1.165) is 6.07 Å². The predicted octanol–water partition coefficient (Wildman–Crippen LogP) is 2.78. The van der Waals surface area contributed by atoms with Gasteiger partial charge in [-0.25, -0.2) is 8.78 Å². The molecule has 0 aliphatic heterocycles. The maximum absolute atomic E-state index is 13.3. The van der Waals surface area contributed by atoms with Crippen molar-refractivity contribution in [3.05, 3.63) is 47.9 Å². The molecule has 2 aromatic rings. The van der Waals surface area contributed by atoms with Gasteiger partial charge in [-0.3, -0.25) is 0 Å². The van der Waals surface area contributed by atoms with E-state index in [9.17, 15) is 8.78 Å². The first kappa shape index (κ1) is 11.4. The van der Waals surface area contributed by atoms with Crippen molar-refractivity contribution in [3.63, 3.8) is 0 Å². The molecule has 1 heterocycles. The smallest absolute Gasteiger partial charge is 0.151 e. The highest BCUT2D eigenvalue weighted by Gasteiger charge is 2.13. The van der Waals surface area contributed by atoms with Crippen LogP contribution in [0.3, 0.4) is 0 Å². The SMILES string of the molecule is CN(Cc1ccco1)c1cc(F)cc(F)c1N. The van der Waals surface area contributed by atoms with Gasteiger partial charge in [-0.05, 0) is 18.2 Å². The summed E-state index contributed by atoms with van der Waals surface area (Å²) in [5, 5.41) is 0. The van der Waals surface area contributed by atoms with Crippen LogP contribution >= 0.6 is 0 Å². The number of benzene rings is 1. The van der Waals surface area contributed by atoms with Gasteiger partial charge in [-0.15, -0.1) is 0 Å². The molecule has 5 heteroatoms. The second kappa shape index (κ2) is 4.45. The molecule has 90 valence electrons. The molecule has 0 saturated carbocycles. The van der Waals surface area contributed by atoms with Gasteiger partial charge in [0.25, 0.3) is 0 Å². The zero-order valence-electron chi connectivity index (χ0n) is 9.28. The highest BCUT2D eigenvalue weighted by atomic mass is 19.1. The minimum Gasteiger partial charge on any atom is -0.467 e. The van der Waals surface area contributed by atoms with E-state index in [-0.39, 0.29) is 5.69 Å². The lowest BCUT2D eigenvalue weighted by atomic mass is 10.2. The molecule has 0 aliphatic rings. The largest absolute Gasteiger partial charge is 0.467 e. The van der Waals surface area contributed by atoms with E-state index in [4.69, 9.17) is 10.2 Å². The summed E-state index contributed by atoms with van der Waals surface area (Å²) in [4.78, 5) is 1.63. The van der Waals surface area contributed by atoms with E-state index in [0.29, 0.717) is 18.0 Å². The van der Waals surface area contributed by atoms with Crippen LogP contribution in [-0.2, 0) is 6.54 Å². The number of nitrogens with two attached hydrogens (primary N) is 1. The van der Waals surface area contributed by atoms with Crippen LogP contribution in [0.15, 0.2) is 34.9 Å². The fourth-order valence-corrected chi connectivity index (χ4v) is 1.61. The van der Waals surface area contributed by atoms with Crippen LogP contribution in [0.25, 0.3) is 0 Å². The molecule has 0 unspecified atom stereocenters. The number of anilines is 2. The molecule has 0 bridgehead atoms. The van der Waals surface area contributed by atoms with Gasteiger partial charge >= 0.3 is 0 Å². The first-order valence-corrected chi connectivity index (χ1v) is 5.06. The Morgan fingerprint density at radius 2 is 2.12 bits per heavy atom. The highest BCUT2D eigenvalue weighted by Crippen LogP contribution is 2.27. The zero-order chi connectivity index (χ0) is 12.4. The summed E-state index contributed by atoms with van der Waals surface area (Å²) in [7, 11) is 1.69. The second-order valence-corrected chi connectivity index (χ2v) is 3.76. The van der Waals surface area contributed by atoms with Crippen LogP contribution in [0.4, 0.5) is 20.2 Å². The van der Waals surface area contributed by atoms with Crippen molar-refractivity contribution in [2.24, 2.45) is 0 Å². The third-order valence-corrected chi connectivity index (χ3v) is 2.46. The van der Waals surface area contributed by atoms with Crippen LogP contribution in [0.2, 0.25) is 0 Å². The Labute approximate surface area is 97.4 Å². The highest BCUT2D eigenvalue weighted by molar-refractivity contribution is 5.67. The summed E-state index contributed by atoms with van der Waals surface area (Å²) in [6.07, 6.45) is 1.54. The summed E-state index contributed by atoms with van der Waals surface area (Å²) >= 11 is 0. The topological polar surface area (TPSA) is 42.4 Å². The molecule has 0 amide bonds. The van der Waals surface area contributed by atoms with E-state index in [1.54, 1.807) is 30.3 Å². The standard InChI is InChI=1S/C12H12F2N2O/c1-16(7-9-3-2-4-17-9)11-6-8(13)5-10(14)12(11)15/h2-6H,7,15H2,1H3. The Bertz CT molecular complexity index is 511. The predicted molar refractivity (Wildman–Crippen MR) is 61.6 cm³/mol. The van der Waals surface area contributed by atoms with Crippen LogP contribution in [0.1, 0.15) is 5.76 Å². The van der Waals surface area contributed by atoms with Crippen molar-refractivity contribution in [2.75, 3.05) is 17.7 Å². The number of furan rings is 1. The van der Waals surface area contributed by atoms with Crippen LogP contribution < -0.4 is 10.6 Å². The molecule has 0 aliphatic carbocycles. The molecule has 3 nitrogen and oxygen atoms in total. The zero-order valence-corrected chi connectivity index (χ0v) is 9.28. The molecule has 0 saturated heterocycles. The molecular formula is C12H12F2N2O. The van der Waals surface area contributed by atoms with Gasteiger partial charge in [0.2, 0.25) is 0 Å². The average Bonchev–Trinajstić information content (AvgIpc) is 2.76. The third-order valence-electron chi connectivity index (χ3n) is 2.46. The fraction of sp³-hybridized carbons (Fsp3) is 0.167. The fourth-order valence-electron chi connectivity index (χ4n) is 1.61. The molecule has 1 aromatic heterocycles. The number of halogens is 2. The van der Waals surface area contributed by atoms with Gasteiger partial charge in [0.15, 0.2) is 5.82 Å². The molecule has 2 N–H and O–H groups in total. The Kier molecular flexibility index (Phi) is 2.99. The lowest BCUT2D eigenvalue weighted by Gasteiger charge is -2.20. The van der Waals surface area contributed by atoms with Crippen molar-refractivity contribution in [3.8, 4) is 0 Å². The summed E-state index contributed by atoms with van der Waals surface area (Å²) in [6.45, 7) is 0.389. The van der Waals surface area contributed by atoms with Gasteiger partial charge in [0, 0.05) is 13.1 Å². The average molecular weight is 238 g/mol. The van der Waals surface area contributed by atoms with Crippen LogP contribution in [0, 0.1) is 11.6 Å². The molecular weight excluding hydrogens is 226 g/mol. The number of rotatable bonds is 3. The molecule has 17 heavy (non-hydrogen) atoms. The maximum atomic E-state index is 13.3. The van der Waals surface area contributed by atoms with Gasteiger partial charge in [-0.1, -0.05) is 0 Å². The Hall–Kier alpha value is -2.04. The Morgan fingerprint density at radius 1 is 1.35 bits per heavy atom. The molecule has 1 aromatic carbocycles.